The van der Waals surface area contributed by atoms with Gasteiger partial charge in [-0.1, -0.05) is 30.0 Å². The maximum Gasteiger partial charge on any atom is 0.269 e. The minimum Gasteiger partial charge on any atom is -0.497 e. The number of nitrogens with zero attached hydrogens (tertiary/aromatic N) is 2. The van der Waals surface area contributed by atoms with Crippen LogP contribution >= 0.6 is 11.8 Å². The van der Waals surface area contributed by atoms with Crippen LogP contribution in [0.25, 0.3) is 5.69 Å². The highest BCUT2D eigenvalue weighted by Gasteiger charge is 2.11. The highest BCUT2D eigenvalue weighted by Crippen LogP contribution is 2.22. The fourth-order valence-electron chi connectivity index (χ4n) is 2.29. The lowest BCUT2D eigenvalue weighted by atomic mass is 10.2. The minimum absolute atomic E-state index is 0.113. The van der Waals surface area contributed by atoms with Crippen molar-refractivity contribution in [1.29, 1.82) is 0 Å². The smallest absolute Gasteiger partial charge is 0.269 e. The molecule has 0 bridgehead atoms. The van der Waals surface area contributed by atoms with E-state index in [2.05, 4.69) is 15.8 Å². The van der Waals surface area contributed by atoms with Crippen LogP contribution in [-0.4, -0.2) is 34.2 Å². The van der Waals surface area contributed by atoms with Crippen molar-refractivity contribution in [3.8, 4) is 11.4 Å². The monoisotopic (exact) mass is 382 g/mol. The second-order valence-corrected chi connectivity index (χ2v) is 6.38. The average Bonchev–Trinajstić information content (AvgIpc) is 3.19. The Kier molecular flexibility index (Phi) is 6.11. The Morgan fingerprint density at radius 2 is 1.81 bits per heavy atom. The number of thioether (sulfide) groups is 1. The van der Waals surface area contributed by atoms with Crippen molar-refractivity contribution in [2.24, 2.45) is 0 Å². The van der Waals surface area contributed by atoms with E-state index in [1.807, 2.05) is 41.1 Å². The summed E-state index contributed by atoms with van der Waals surface area (Å²) in [6.45, 7) is 0. The van der Waals surface area contributed by atoms with Crippen molar-refractivity contribution < 1.29 is 14.3 Å². The first-order valence-corrected chi connectivity index (χ1v) is 9.11. The highest BCUT2D eigenvalue weighted by atomic mass is 32.2. The molecule has 7 nitrogen and oxygen atoms in total. The van der Waals surface area contributed by atoms with Crippen LogP contribution in [0.3, 0.4) is 0 Å². The molecule has 2 aromatic carbocycles. The highest BCUT2D eigenvalue weighted by molar-refractivity contribution is 7.99. The van der Waals surface area contributed by atoms with Crippen LogP contribution in [0.1, 0.15) is 10.4 Å². The molecular formula is C19H18N4O3S. The first-order valence-electron chi connectivity index (χ1n) is 8.12. The van der Waals surface area contributed by atoms with Crippen LogP contribution in [0, 0.1) is 0 Å². The van der Waals surface area contributed by atoms with Crippen molar-refractivity contribution in [3.63, 3.8) is 0 Å². The van der Waals surface area contributed by atoms with Crippen LogP contribution in [0.4, 0.5) is 0 Å². The molecule has 0 aliphatic carbocycles. The summed E-state index contributed by atoms with van der Waals surface area (Å²) in [5, 5.41) is 0.671. The van der Waals surface area contributed by atoms with E-state index in [1.54, 1.807) is 37.6 Å². The van der Waals surface area contributed by atoms with Gasteiger partial charge in [0.2, 0.25) is 5.91 Å². The first kappa shape index (κ1) is 18.5. The zero-order chi connectivity index (χ0) is 19.1. The topological polar surface area (TPSA) is 85.2 Å². The van der Waals surface area contributed by atoms with Gasteiger partial charge >= 0.3 is 0 Å². The number of aromatic nitrogens is 2. The van der Waals surface area contributed by atoms with E-state index in [9.17, 15) is 9.59 Å². The van der Waals surface area contributed by atoms with E-state index in [0.29, 0.717) is 10.7 Å². The summed E-state index contributed by atoms with van der Waals surface area (Å²) in [7, 11) is 1.61. The molecule has 1 heterocycles. The normalized spacial score (nSPS) is 10.3. The van der Waals surface area contributed by atoms with Gasteiger partial charge in [-0.2, -0.15) is 0 Å². The fourth-order valence-corrected chi connectivity index (χ4v) is 3.06. The zero-order valence-electron chi connectivity index (χ0n) is 14.6. The molecule has 3 rings (SSSR count). The number of imidazole rings is 1. The number of amides is 2. The predicted octanol–water partition coefficient (Wildman–Crippen LogP) is 2.43. The Balaban J connectivity index is 1.53. The molecule has 1 aromatic heterocycles. The molecule has 0 spiro atoms. The van der Waals surface area contributed by atoms with Crippen molar-refractivity contribution in [2.45, 2.75) is 5.16 Å². The number of hydrogen-bond donors (Lipinski definition) is 2. The van der Waals surface area contributed by atoms with E-state index in [-0.39, 0.29) is 17.6 Å². The van der Waals surface area contributed by atoms with Gasteiger partial charge in [0, 0.05) is 23.6 Å². The minimum atomic E-state index is -0.367. The van der Waals surface area contributed by atoms with Crippen LogP contribution in [0.2, 0.25) is 0 Å². The van der Waals surface area contributed by atoms with Gasteiger partial charge in [0.05, 0.1) is 12.9 Å². The standard InChI is InChI=1S/C19H18N4O3S/c1-26-16-9-7-15(8-10-16)23-12-11-20-19(23)27-13-17(24)21-22-18(25)14-5-3-2-4-6-14/h2-12H,13H2,1H3,(H,21,24)(H,22,25). The summed E-state index contributed by atoms with van der Waals surface area (Å²) < 4.78 is 7.03. The summed E-state index contributed by atoms with van der Waals surface area (Å²) in [5.74, 6) is 0.186. The molecule has 0 radical (unpaired) electrons. The molecule has 2 amide bonds. The number of rotatable bonds is 6. The van der Waals surface area contributed by atoms with E-state index in [0.717, 1.165) is 11.4 Å². The molecule has 3 aromatic rings. The summed E-state index contributed by atoms with van der Waals surface area (Å²) >= 11 is 1.27. The Labute approximate surface area is 160 Å². The Morgan fingerprint density at radius 3 is 2.52 bits per heavy atom. The summed E-state index contributed by atoms with van der Waals surface area (Å²) in [6, 6.07) is 16.2. The second-order valence-electron chi connectivity index (χ2n) is 5.43. The van der Waals surface area contributed by atoms with Gasteiger partial charge in [-0.05, 0) is 36.4 Å². The van der Waals surface area contributed by atoms with Crippen molar-refractivity contribution >= 4 is 23.6 Å². The molecule has 138 valence electrons. The SMILES string of the molecule is COc1ccc(-n2ccnc2SCC(=O)NNC(=O)c2ccccc2)cc1. The van der Waals surface area contributed by atoms with Crippen LogP contribution < -0.4 is 15.6 Å². The number of hydrazine groups is 1. The largest absolute Gasteiger partial charge is 0.497 e. The van der Waals surface area contributed by atoms with E-state index < -0.39 is 0 Å². The number of carbonyl (C=O) groups excluding carboxylic acids is 2. The summed E-state index contributed by atoms with van der Waals surface area (Å²) in [6.07, 6.45) is 3.49. The predicted molar refractivity (Wildman–Crippen MR) is 103 cm³/mol. The van der Waals surface area contributed by atoms with Gasteiger partial charge in [0.1, 0.15) is 5.75 Å². The second kappa shape index (κ2) is 8.91. The third-order valence-corrected chi connectivity index (χ3v) is 4.61. The van der Waals surface area contributed by atoms with E-state index in [1.165, 1.54) is 11.8 Å². The number of nitrogens with one attached hydrogen (secondary N) is 2. The van der Waals surface area contributed by atoms with E-state index in [4.69, 9.17) is 4.74 Å². The van der Waals surface area contributed by atoms with Gasteiger partial charge in [-0.25, -0.2) is 4.98 Å². The number of methoxy groups -OCH3 is 1. The van der Waals surface area contributed by atoms with Gasteiger partial charge in [-0.15, -0.1) is 0 Å². The van der Waals surface area contributed by atoms with Gasteiger partial charge in [-0.3, -0.25) is 25.0 Å². The van der Waals surface area contributed by atoms with Gasteiger partial charge in [0.25, 0.3) is 5.91 Å². The molecule has 27 heavy (non-hydrogen) atoms. The van der Waals surface area contributed by atoms with Crippen molar-refractivity contribution in [2.75, 3.05) is 12.9 Å². The molecule has 0 unspecified atom stereocenters. The zero-order valence-corrected chi connectivity index (χ0v) is 15.4. The molecule has 8 heteroatoms. The van der Waals surface area contributed by atoms with Crippen LogP contribution in [-0.2, 0) is 4.79 Å². The Bertz CT molecular complexity index is 910. The van der Waals surface area contributed by atoms with Crippen LogP contribution in [0.15, 0.2) is 72.1 Å². The lowest BCUT2D eigenvalue weighted by Gasteiger charge is -2.09. The quantitative estimate of drug-likeness (QED) is 0.505. The number of carbonyl (C=O) groups is 2. The Morgan fingerprint density at radius 1 is 1.07 bits per heavy atom. The van der Waals surface area contributed by atoms with Crippen molar-refractivity contribution in [3.05, 3.63) is 72.6 Å². The third-order valence-electron chi connectivity index (χ3n) is 3.64. The lowest BCUT2D eigenvalue weighted by Crippen LogP contribution is -2.42. The number of hydrogen-bond acceptors (Lipinski definition) is 5. The molecule has 0 saturated heterocycles. The molecule has 0 aliphatic heterocycles. The molecule has 0 aliphatic rings. The molecule has 2 N–H and O–H groups in total. The third kappa shape index (κ3) is 4.89. The fraction of sp³-hybridized carbons (Fsp3) is 0.105. The lowest BCUT2D eigenvalue weighted by molar-refractivity contribution is -0.119. The van der Waals surface area contributed by atoms with Gasteiger partial charge in [0.15, 0.2) is 5.16 Å². The molecule has 0 atom stereocenters. The van der Waals surface area contributed by atoms with Gasteiger partial charge < -0.3 is 4.74 Å². The van der Waals surface area contributed by atoms with Crippen molar-refractivity contribution in [1.82, 2.24) is 20.4 Å². The average molecular weight is 382 g/mol. The molecular weight excluding hydrogens is 364 g/mol. The maximum absolute atomic E-state index is 12.0. The summed E-state index contributed by atoms with van der Waals surface area (Å²) in [4.78, 5) is 28.2. The molecule has 0 saturated carbocycles. The number of ether oxygens (including phenoxy) is 1. The molecule has 0 fully saturated rings. The Hall–Kier alpha value is -3.26. The maximum atomic E-state index is 12.0. The van der Waals surface area contributed by atoms with Crippen LogP contribution in [0.5, 0.6) is 5.75 Å². The first-order chi connectivity index (χ1) is 13.2. The summed E-state index contributed by atoms with van der Waals surface area (Å²) in [5.41, 5.74) is 6.18. The van der Waals surface area contributed by atoms with E-state index >= 15 is 0 Å². The number of benzene rings is 2.